The topological polar surface area (TPSA) is 57.2 Å². The molecule has 0 bridgehead atoms. The summed E-state index contributed by atoms with van der Waals surface area (Å²) >= 11 is 0. The van der Waals surface area contributed by atoms with Crippen LogP contribution in [-0.2, 0) is 18.9 Å². The highest BCUT2D eigenvalue weighted by Gasteiger charge is 2.44. The zero-order valence-corrected chi connectivity index (χ0v) is 23.3. The van der Waals surface area contributed by atoms with Gasteiger partial charge >= 0.3 is 0 Å². The normalized spacial score (nSPS) is 37.5. The van der Waals surface area contributed by atoms with Crippen molar-refractivity contribution in [2.75, 3.05) is 0 Å². The molecule has 208 valence electrons. The fraction of sp³-hybridized carbons (Fsp3) is 0.750. The van der Waals surface area contributed by atoms with E-state index in [0.29, 0.717) is 6.42 Å². The van der Waals surface area contributed by atoms with Gasteiger partial charge < -0.3 is 24.1 Å². The molecular weight excluding hydrogens is 464 g/mol. The first-order chi connectivity index (χ1) is 17.9. The number of rotatable bonds is 14. The van der Waals surface area contributed by atoms with Crippen LogP contribution in [0.5, 0.6) is 0 Å². The van der Waals surface area contributed by atoms with Crippen LogP contribution in [0.4, 0.5) is 0 Å². The lowest BCUT2D eigenvalue weighted by Crippen LogP contribution is -2.24. The first-order valence-electron chi connectivity index (χ1n) is 14.9. The molecule has 0 aromatic heterocycles. The quantitative estimate of drug-likeness (QED) is 0.161. The standard InChI is InChI=1S/C32H50O5/c1-5-7-8-9-10-14-24-18-29-30(34-24)19-25(35-29)15-11-13-22(3)16-26-20-31-32(36-26)21-27(37-31)17-28(33)23(4)12-6-2/h6,10-11,13-14,16,23-33H,2,5,7-9,12,15,17-21H2,1,3-4H3/b13-11+,14-10+,22-16+/t23-,24+,25+,26-,27-,28-,29+,30+,31-,32-/m0/s1. The van der Waals surface area contributed by atoms with Crippen molar-refractivity contribution in [3.05, 3.63) is 48.6 Å². The molecular formula is C32H50O5. The van der Waals surface area contributed by atoms with Crippen LogP contribution >= 0.6 is 0 Å². The summed E-state index contributed by atoms with van der Waals surface area (Å²) in [4.78, 5) is 0. The minimum atomic E-state index is -0.349. The molecule has 0 aromatic rings. The van der Waals surface area contributed by atoms with Crippen molar-refractivity contribution < 1.29 is 24.1 Å². The van der Waals surface area contributed by atoms with E-state index < -0.39 is 0 Å². The van der Waals surface area contributed by atoms with Crippen molar-refractivity contribution in [2.45, 2.75) is 146 Å². The molecule has 5 heteroatoms. The van der Waals surface area contributed by atoms with Crippen LogP contribution in [-0.4, -0.2) is 60.0 Å². The number of ether oxygens (including phenoxy) is 4. The largest absolute Gasteiger partial charge is 0.393 e. The Kier molecular flexibility index (Phi) is 11.1. The molecule has 37 heavy (non-hydrogen) atoms. The highest BCUT2D eigenvalue weighted by Crippen LogP contribution is 2.38. The Labute approximate surface area is 225 Å². The summed E-state index contributed by atoms with van der Waals surface area (Å²) in [6.07, 6.45) is 25.4. The minimum absolute atomic E-state index is 0.0927. The second kappa shape index (κ2) is 14.2. The summed E-state index contributed by atoms with van der Waals surface area (Å²) in [6, 6.07) is 0. The van der Waals surface area contributed by atoms with E-state index in [1.54, 1.807) is 0 Å². The third-order valence-corrected chi connectivity index (χ3v) is 8.44. The first kappa shape index (κ1) is 28.8. The maximum Gasteiger partial charge on any atom is 0.0870 e. The molecule has 4 saturated heterocycles. The molecule has 4 aliphatic heterocycles. The Morgan fingerprint density at radius 2 is 1.59 bits per heavy atom. The van der Waals surface area contributed by atoms with Crippen LogP contribution in [0.1, 0.15) is 91.4 Å². The predicted molar refractivity (Wildman–Crippen MR) is 149 cm³/mol. The van der Waals surface area contributed by atoms with Gasteiger partial charge in [0.1, 0.15) is 0 Å². The van der Waals surface area contributed by atoms with Crippen molar-refractivity contribution in [2.24, 2.45) is 5.92 Å². The van der Waals surface area contributed by atoms with Crippen molar-refractivity contribution in [1.82, 2.24) is 0 Å². The van der Waals surface area contributed by atoms with Crippen LogP contribution in [0.3, 0.4) is 0 Å². The summed E-state index contributed by atoms with van der Waals surface area (Å²) < 4.78 is 25.0. The average Bonchev–Trinajstić information content (AvgIpc) is 3.59. The summed E-state index contributed by atoms with van der Waals surface area (Å²) in [7, 11) is 0. The predicted octanol–water partition coefficient (Wildman–Crippen LogP) is 6.61. The smallest absolute Gasteiger partial charge is 0.0870 e. The van der Waals surface area contributed by atoms with Crippen molar-refractivity contribution in [1.29, 1.82) is 0 Å². The SMILES string of the molecule is C=CC[C@H](C)[C@@H](O)C[C@H]1C[C@@H]2O[C@@H](/C=C(C)/C=C/C[C@@H]3C[C@H]4O[C@H](/C=C/CCCCC)C[C@H]4O3)C[C@@H]2O1. The number of aliphatic hydroxyl groups is 1. The van der Waals surface area contributed by atoms with E-state index in [9.17, 15) is 5.11 Å². The van der Waals surface area contributed by atoms with E-state index in [0.717, 1.165) is 44.9 Å². The molecule has 0 radical (unpaired) electrons. The lowest BCUT2D eigenvalue weighted by molar-refractivity contribution is -0.000938. The number of fused-ring (bicyclic) bond motifs is 2. The van der Waals surface area contributed by atoms with Gasteiger partial charge in [-0.15, -0.1) is 6.58 Å². The molecule has 0 saturated carbocycles. The number of aliphatic hydroxyl groups excluding tert-OH is 1. The second-order valence-electron chi connectivity index (χ2n) is 11.7. The Bertz CT molecular complexity index is 775. The number of allylic oxidation sites excluding steroid dienone is 4. The molecule has 4 heterocycles. The highest BCUT2D eigenvalue weighted by atomic mass is 16.6. The third-order valence-electron chi connectivity index (χ3n) is 8.44. The Morgan fingerprint density at radius 3 is 2.32 bits per heavy atom. The van der Waals surface area contributed by atoms with E-state index in [2.05, 4.69) is 57.7 Å². The molecule has 0 amide bonds. The highest BCUT2D eigenvalue weighted by molar-refractivity contribution is 5.19. The summed E-state index contributed by atoms with van der Waals surface area (Å²) in [5, 5.41) is 10.4. The monoisotopic (exact) mass is 514 g/mol. The van der Waals surface area contributed by atoms with Gasteiger partial charge in [-0.1, -0.05) is 68.7 Å². The molecule has 0 aliphatic carbocycles. The lowest BCUT2D eigenvalue weighted by Gasteiger charge is -2.21. The van der Waals surface area contributed by atoms with Gasteiger partial charge in [0.2, 0.25) is 0 Å². The van der Waals surface area contributed by atoms with Crippen molar-refractivity contribution >= 4 is 0 Å². The van der Waals surface area contributed by atoms with E-state index in [1.807, 2.05) is 6.08 Å². The molecule has 0 aromatic carbocycles. The van der Waals surface area contributed by atoms with Gasteiger partial charge in [-0.3, -0.25) is 0 Å². The van der Waals surface area contributed by atoms with Crippen LogP contribution in [0.2, 0.25) is 0 Å². The molecule has 4 aliphatic rings. The van der Waals surface area contributed by atoms with E-state index in [-0.39, 0.29) is 60.9 Å². The van der Waals surface area contributed by atoms with E-state index >= 15 is 0 Å². The Balaban J connectivity index is 1.12. The zero-order chi connectivity index (χ0) is 26.2. The number of unbranched alkanes of at least 4 members (excludes halogenated alkanes) is 3. The number of hydrogen-bond donors (Lipinski definition) is 1. The molecule has 1 N–H and O–H groups in total. The lowest BCUT2D eigenvalue weighted by atomic mass is 9.95. The van der Waals surface area contributed by atoms with Crippen LogP contribution < -0.4 is 0 Å². The molecule has 0 unspecified atom stereocenters. The Hall–Kier alpha value is -1.24. The molecule has 10 atom stereocenters. The van der Waals surface area contributed by atoms with Gasteiger partial charge in [0.15, 0.2) is 0 Å². The van der Waals surface area contributed by atoms with Gasteiger partial charge in [0.25, 0.3) is 0 Å². The fourth-order valence-electron chi connectivity index (χ4n) is 6.29. The summed E-state index contributed by atoms with van der Waals surface area (Å²) in [6.45, 7) is 10.2. The van der Waals surface area contributed by atoms with Crippen LogP contribution in [0, 0.1) is 5.92 Å². The van der Waals surface area contributed by atoms with Crippen LogP contribution in [0.15, 0.2) is 48.6 Å². The van der Waals surface area contributed by atoms with Gasteiger partial charge in [0, 0.05) is 25.7 Å². The molecule has 5 nitrogen and oxygen atoms in total. The van der Waals surface area contributed by atoms with Gasteiger partial charge in [-0.25, -0.2) is 0 Å². The third kappa shape index (κ3) is 8.37. The average molecular weight is 515 g/mol. The maximum absolute atomic E-state index is 10.4. The van der Waals surface area contributed by atoms with E-state index in [4.69, 9.17) is 18.9 Å². The van der Waals surface area contributed by atoms with Gasteiger partial charge in [0.05, 0.1) is 54.9 Å². The zero-order valence-electron chi connectivity index (χ0n) is 23.3. The van der Waals surface area contributed by atoms with Crippen molar-refractivity contribution in [3.63, 3.8) is 0 Å². The van der Waals surface area contributed by atoms with E-state index in [1.165, 1.54) is 24.8 Å². The fourth-order valence-corrected chi connectivity index (χ4v) is 6.29. The van der Waals surface area contributed by atoms with Gasteiger partial charge in [-0.05, 0) is 44.9 Å². The second-order valence-corrected chi connectivity index (χ2v) is 11.7. The van der Waals surface area contributed by atoms with Crippen molar-refractivity contribution in [3.8, 4) is 0 Å². The molecule has 0 spiro atoms. The maximum atomic E-state index is 10.4. The molecule has 4 fully saturated rings. The number of hydrogen-bond acceptors (Lipinski definition) is 5. The molecule has 4 rings (SSSR count). The summed E-state index contributed by atoms with van der Waals surface area (Å²) in [5.41, 5.74) is 1.22. The first-order valence-corrected chi connectivity index (χ1v) is 14.9. The summed E-state index contributed by atoms with van der Waals surface area (Å²) in [5.74, 6) is 0.216. The minimum Gasteiger partial charge on any atom is -0.393 e. The van der Waals surface area contributed by atoms with Gasteiger partial charge in [-0.2, -0.15) is 0 Å². The Morgan fingerprint density at radius 1 is 0.919 bits per heavy atom. The van der Waals surface area contributed by atoms with Crippen LogP contribution in [0.25, 0.3) is 0 Å².